The Hall–Kier alpha value is -0.530. The van der Waals surface area contributed by atoms with Gasteiger partial charge in [0.25, 0.3) is 0 Å². The van der Waals surface area contributed by atoms with Crippen molar-refractivity contribution < 1.29 is 4.79 Å². The van der Waals surface area contributed by atoms with E-state index in [-0.39, 0.29) is 24.0 Å². The highest BCUT2D eigenvalue weighted by atomic mass is 127. The van der Waals surface area contributed by atoms with E-state index in [1.165, 1.54) is 38.5 Å². The minimum atomic E-state index is 0. The summed E-state index contributed by atoms with van der Waals surface area (Å²) in [7, 11) is 0. The second kappa shape index (κ2) is 8.65. The van der Waals surface area contributed by atoms with E-state index in [1.807, 2.05) is 0 Å². The number of likely N-dealkylation sites (tertiary alicyclic amines) is 1. The number of nitrogens with one attached hydrogen (secondary N) is 2. The zero-order valence-electron chi connectivity index (χ0n) is 16.1. The Morgan fingerprint density at radius 2 is 1.88 bits per heavy atom. The van der Waals surface area contributed by atoms with E-state index in [0.717, 1.165) is 57.3 Å². The molecule has 4 fully saturated rings. The molecule has 2 N–H and O–H groups in total. The Morgan fingerprint density at radius 3 is 2.50 bits per heavy atom. The lowest BCUT2D eigenvalue weighted by atomic mass is 10.0. The molecule has 1 atom stereocenters. The molecular weight excluding hydrogens is 439 g/mol. The van der Waals surface area contributed by atoms with Crippen molar-refractivity contribution in [3.63, 3.8) is 0 Å². The van der Waals surface area contributed by atoms with Gasteiger partial charge >= 0.3 is 0 Å². The third-order valence-corrected chi connectivity index (χ3v) is 6.78. The van der Waals surface area contributed by atoms with Crippen molar-refractivity contribution in [2.24, 2.45) is 22.2 Å². The SMILES string of the molecule is CCNC(=NCC1(C2CC2)CC1)NC1CCN(C(=O)C2CCCC2)C1.I. The molecule has 3 saturated carbocycles. The number of hydrogen-bond acceptors (Lipinski definition) is 2. The molecule has 0 aromatic carbocycles. The highest BCUT2D eigenvalue weighted by molar-refractivity contribution is 14.0. The average Bonchev–Trinajstić information content (AvgIpc) is 3.50. The lowest BCUT2D eigenvalue weighted by Gasteiger charge is -2.22. The number of nitrogens with zero attached hydrogens (tertiary/aromatic N) is 2. The van der Waals surface area contributed by atoms with Gasteiger partial charge in [0.2, 0.25) is 5.91 Å². The van der Waals surface area contributed by atoms with E-state index in [0.29, 0.717) is 23.3 Å². The lowest BCUT2D eigenvalue weighted by Crippen LogP contribution is -2.45. The van der Waals surface area contributed by atoms with E-state index in [1.54, 1.807) is 0 Å². The predicted molar refractivity (Wildman–Crippen MR) is 116 cm³/mol. The number of rotatable bonds is 6. The molecule has 0 aromatic rings. The molecule has 6 heteroatoms. The topological polar surface area (TPSA) is 56.7 Å². The Balaban J connectivity index is 0.00000196. The van der Waals surface area contributed by atoms with Gasteiger partial charge in [0, 0.05) is 38.1 Å². The molecule has 1 amide bonds. The van der Waals surface area contributed by atoms with Crippen LogP contribution in [0.15, 0.2) is 4.99 Å². The van der Waals surface area contributed by atoms with Crippen molar-refractivity contribution in [3.05, 3.63) is 0 Å². The second-order valence-corrected chi connectivity index (χ2v) is 8.73. The standard InChI is InChI=1S/C20H34N4O.HI/c1-2-21-19(22-14-20(10-11-20)16-7-8-16)23-17-9-12-24(13-17)18(25)15-5-3-4-6-15;/h15-17H,2-14H2,1H3,(H2,21,22,23);1H. The number of aliphatic imine (C=N–C) groups is 1. The maximum Gasteiger partial charge on any atom is 0.225 e. The molecule has 26 heavy (non-hydrogen) atoms. The number of guanidine groups is 1. The van der Waals surface area contributed by atoms with Crippen LogP contribution in [0.25, 0.3) is 0 Å². The van der Waals surface area contributed by atoms with Crippen LogP contribution in [0.3, 0.4) is 0 Å². The summed E-state index contributed by atoms with van der Waals surface area (Å²) in [6.45, 7) is 5.73. The van der Waals surface area contributed by atoms with Gasteiger partial charge in [-0.2, -0.15) is 0 Å². The van der Waals surface area contributed by atoms with Gasteiger partial charge in [0.15, 0.2) is 5.96 Å². The first-order valence-electron chi connectivity index (χ1n) is 10.5. The monoisotopic (exact) mass is 474 g/mol. The fraction of sp³-hybridized carbons (Fsp3) is 0.900. The highest BCUT2D eigenvalue weighted by Crippen LogP contribution is 2.61. The van der Waals surface area contributed by atoms with Crippen LogP contribution in [0.1, 0.15) is 64.7 Å². The van der Waals surface area contributed by atoms with Crippen LogP contribution >= 0.6 is 24.0 Å². The van der Waals surface area contributed by atoms with Crippen molar-refractivity contribution in [2.45, 2.75) is 70.8 Å². The molecule has 1 aliphatic heterocycles. The summed E-state index contributed by atoms with van der Waals surface area (Å²) in [4.78, 5) is 19.6. The summed E-state index contributed by atoms with van der Waals surface area (Å²) in [5.74, 6) is 2.60. The first-order chi connectivity index (χ1) is 12.2. The number of hydrogen-bond donors (Lipinski definition) is 2. The number of carbonyl (C=O) groups is 1. The third-order valence-electron chi connectivity index (χ3n) is 6.78. The molecule has 1 heterocycles. The van der Waals surface area contributed by atoms with Crippen molar-refractivity contribution in [1.29, 1.82) is 0 Å². The van der Waals surface area contributed by atoms with Crippen LogP contribution in [-0.4, -0.2) is 49.0 Å². The van der Waals surface area contributed by atoms with Crippen LogP contribution < -0.4 is 10.6 Å². The number of halogens is 1. The Bertz CT molecular complexity index is 524. The molecule has 4 aliphatic rings. The molecule has 0 spiro atoms. The molecule has 4 rings (SSSR count). The minimum Gasteiger partial charge on any atom is -0.357 e. The van der Waals surface area contributed by atoms with Crippen LogP contribution in [0.4, 0.5) is 0 Å². The van der Waals surface area contributed by atoms with Gasteiger partial charge in [-0.3, -0.25) is 9.79 Å². The zero-order chi connectivity index (χ0) is 17.3. The molecule has 1 unspecified atom stereocenters. The van der Waals surface area contributed by atoms with Crippen LogP contribution in [-0.2, 0) is 4.79 Å². The Kier molecular flexibility index (Phi) is 6.73. The van der Waals surface area contributed by atoms with Gasteiger partial charge < -0.3 is 15.5 Å². The molecule has 0 aromatic heterocycles. The quantitative estimate of drug-likeness (QED) is 0.354. The fourth-order valence-electron chi connectivity index (χ4n) is 4.81. The van der Waals surface area contributed by atoms with Gasteiger partial charge in [-0.1, -0.05) is 12.8 Å². The van der Waals surface area contributed by atoms with Crippen molar-refractivity contribution >= 4 is 35.8 Å². The van der Waals surface area contributed by atoms with E-state index in [9.17, 15) is 4.79 Å². The molecule has 0 radical (unpaired) electrons. The lowest BCUT2D eigenvalue weighted by molar-refractivity contribution is -0.134. The summed E-state index contributed by atoms with van der Waals surface area (Å²) in [5, 5.41) is 7.00. The first kappa shape index (κ1) is 20.2. The van der Waals surface area contributed by atoms with Gasteiger partial charge in [-0.25, -0.2) is 0 Å². The van der Waals surface area contributed by atoms with Gasteiger partial charge in [-0.05, 0) is 63.2 Å². The largest absolute Gasteiger partial charge is 0.357 e. The van der Waals surface area contributed by atoms with E-state index >= 15 is 0 Å². The van der Waals surface area contributed by atoms with E-state index in [4.69, 9.17) is 4.99 Å². The van der Waals surface area contributed by atoms with Gasteiger partial charge in [0.1, 0.15) is 0 Å². The molecule has 0 bridgehead atoms. The minimum absolute atomic E-state index is 0. The summed E-state index contributed by atoms with van der Waals surface area (Å²) in [6, 6.07) is 0.347. The molecule has 148 valence electrons. The van der Waals surface area contributed by atoms with Gasteiger partial charge in [0.05, 0.1) is 0 Å². The maximum atomic E-state index is 12.6. The number of amides is 1. The van der Waals surface area contributed by atoms with Gasteiger partial charge in [-0.15, -0.1) is 24.0 Å². The van der Waals surface area contributed by atoms with Crippen LogP contribution in [0.5, 0.6) is 0 Å². The summed E-state index contributed by atoms with van der Waals surface area (Å²) < 4.78 is 0. The van der Waals surface area contributed by atoms with E-state index < -0.39 is 0 Å². The molecule has 1 saturated heterocycles. The summed E-state index contributed by atoms with van der Waals surface area (Å²) >= 11 is 0. The normalized spacial score (nSPS) is 28.0. The van der Waals surface area contributed by atoms with E-state index in [2.05, 4.69) is 22.5 Å². The first-order valence-corrected chi connectivity index (χ1v) is 10.5. The zero-order valence-corrected chi connectivity index (χ0v) is 18.5. The smallest absolute Gasteiger partial charge is 0.225 e. The van der Waals surface area contributed by atoms with Crippen molar-refractivity contribution in [1.82, 2.24) is 15.5 Å². The second-order valence-electron chi connectivity index (χ2n) is 8.73. The average molecular weight is 474 g/mol. The maximum absolute atomic E-state index is 12.6. The Labute approximate surface area is 175 Å². The summed E-state index contributed by atoms with van der Waals surface area (Å²) in [5.41, 5.74) is 0.544. The summed E-state index contributed by atoms with van der Waals surface area (Å²) in [6.07, 6.45) is 11.3. The molecule has 3 aliphatic carbocycles. The predicted octanol–water partition coefficient (Wildman–Crippen LogP) is 3.14. The molecular formula is C20H35IN4O. The van der Waals surface area contributed by atoms with Crippen molar-refractivity contribution in [3.8, 4) is 0 Å². The van der Waals surface area contributed by atoms with Crippen LogP contribution in [0.2, 0.25) is 0 Å². The molecule has 5 nitrogen and oxygen atoms in total. The highest BCUT2D eigenvalue weighted by Gasteiger charge is 2.53. The number of carbonyl (C=O) groups excluding carboxylic acids is 1. The third kappa shape index (κ3) is 4.65. The van der Waals surface area contributed by atoms with Crippen LogP contribution in [0, 0.1) is 17.3 Å². The Morgan fingerprint density at radius 1 is 1.15 bits per heavy atom. The van der Waals surface area contributed by atoms with Crippen molar-refractivity contribution in [2.75, 3.05) is 26.2 Å². The fourth-order valence-corrected chi connectivity index (χ4v) is 4.81.